The maximum Gasteiger partial charge on any atom is 0.304 e. The van der Waals surface area contributed by atoms with E-state index < -0.39 is 5.97 Å². The van der Waals surface area contributed by atoms with Crippen molar-refractivity contribution in [3.8, 4) is 5.75 Å². The van der Waals surface area contributed by atoms with Crippen molar-refractivity contribution in [2.24, 2.45) is 0 Å². The average molecular weight is 287 g/mol. The number of hydrogen-bond acceptors (Lipinski definition) is 3. The molecule has 0 amide bonds. The lowest BCUT2D eigenvalue weighted by molar-refractivity contribution is -0.137. The molecule has 0 atom stereocenters. The molecule has 0 saturated carbocycles. The molecule has 0 aromatic heterocycles. The standard InChI is InChI=1S/C17H21NO3/c1-18(11-9-17(19)20)10-4-12-21-16-8-7-14-5-2-3-6-15(14)13-16/h2-3,5-8,13H,4,9-12H2,1H3,(H,19,20). The van der Waals surface area contributed by atoms with Gasteiger partial charge in [-0.05, 0) is 36.4 Å². The molecule has 2 rings (SSSR count). The number of benzene rings is 2. The van der Waals surface area contributed by atoms with Gasteiger partial charge in [-0.25, -0.2) is 0 Å². The SMILES string of the molecule is CN(CCCOc1ccc2ccccc2c1)CCC(=O)O. The maximum absolute atomic E-state index is 10.5. The van der Waals surface area contributed by atoms with E-state index in [0.717, 1.165) is 18.7 Å². The molecule has 0 aliphatic heterocycles. The van der Waals surface area contributed by atoms with Gasteiger partial charge in [0.1, 0.15) is 5.75 Å². The molecule has 0 unspecified atom stereocenters. The highest BCUT2D eigenvalue weighted by molar-refractivity contribution is 5.83. The predicted molar refractivity (Wildman–Crippen MR) is 83.8 cm³/mol. The first-order valence-electron chi connectivity index (χ1n) is 7.17. The Morgan fingerprint density at radius 1 is 1.14 bits per heavy atom. The molecular formula is C17H21NO3. The summed E-state index contributed by atoms with van der Waals surface area (Å²) in [6.07, 6.45) is 1.06. The molecule has 0 aliphatic carbocycles. The lowest BCUT2D eigenvalue weighted by atomic mass is 10.1. The first kappa shape index (κ1) is 15.3. The van der Waals surface area contributed by atoms with Crippen molar-refractivity contribution >= 4 is 16.7 Å². The van der Waals surface area contributed by atoms with Gasteiger partial charge in [0, 0.05) is 13.1 Å². The molecule has 4 heteroatoms. The van der Waals surface area contributed by atoms with E-state index in [4.69, 9.17) is 9.84 Å². The minimum atomic E-state index is -0.755. The summed E-state index contributed by atoms with van der Waals surface area (Å²) in [5.41, 5.74) is 0. The summed E-state index contributed by atoms with van der Waals surface area (Å²) in [7, 11) is 1.93. The molecule has 2 aromatic carbocycles. The third-order valence-corrected chi connectivity index (χ3v) is 3.38. The fourth-order valence-electron chi connectivity index (χ4n) is 2.18. The Bertz CT molecular complexity index is 597. The molecule has 0 fully saturated rings. The topological polar surface area (TPSA) is 49.8 Å². The number of nitrogens with zero attached hydrogens (tertiary/aromatic N) is 1. The second kappa shape index (κ2) is 7.64. The summed E-state index contributed by atoms with van der Waals surface area (Å²) in [6.45, 7) is 2.04. The highest BCUT2D eigenvalue weighted by Crippen LogP contribution is 2.20. The zero-order valence-corrected chi connectivity index (χ0v) is 12.3. The van der Waals surface area contributed by atoms with Gasteiger partial charge in [0.05, 0.1) is 13.0 Å². The van der Waals surface area contributed by atoms with Crippen LogP contribution < -0.4 is 4.74 Å². The van der Waals surface area contributed by atoms with Crippen LogP contribution in [0.2, 0.25) is 0 Å². The molecule has 0 aliphatic rings. The molecule has 1 N–H and O–H groups in total. The highest BCUT2D eigenvalue weighted by Gasteiger charge is 2.02. The van der Waals surface area contributed by atoms with Crippen LogP contribution in [0.4, 0.5) is 0 Å². The number of carboxylic acid groups (broad SMARTS) is 1. The van der Waals surface area contributed by atoms with E-state index in [2.05, 4.69) is 18.2 Å². The average Bonchev–Trinajstić information content (AvgIpc) is 2.49. The minimum Gasteiger partial charge on any atom is -0.494 e. The Morgan fingerprint density at radius 3 is 2.67 bits per heavy atom. The smallest absolute Gasteiger partial charge is 0.304 e. The normalized spacial score (nSPS) is 11.0. The summed E-state index contributed by atoms with van der Waals surface area (Å²) in [5.74, 6) is 0.121. The Labute approximate surface area is 124 Å². The quantitative estimate of drug-likeness (QED) is 0.758. The van der Waals surface area contributed by atoms with Crippen LogP contribution in [0, 0.1) is 0 Å². The van der Waals surface area contributed by atoms with Crippen molar-refractivity contribution in [2.45, 2.75) is 12.8 Å². The van der Waals surface area contributed by atoms with Crippen molar-refractivity contribution < 1.29 is 14.6 Å². The summed E-state index contributed by atoms with van der Waals surface area (Å²) in [5, 5.41) is 11.0. The van der Waals surface area contributed by atoms with Gasteiger partial charge >= 0.3 is 5.97 Å². The first-order chi connectivity index (χ1) is 10.1. The van der Waals surface area contributed by atoms with Crippen LogP contribution in [0.15, 0.2) is 42.5 Å². The van der Waals surface area contributed by atoms with Gasteiger partial charge in [0.15, 0.2) is 0 Å². The second-order valence-corrected chi connectivity index (χ2v) is 5.16. The molecule has 4 nitrogen and oxygen atoms in total. The van der Waals surface area contributed by atoms with E-state index in [1.54, 1.807) is 0 Å². The fourth-order valence-corrected chi connectivity index (χ4v) is 2.18. The van der Waals surface area contributed by atoms with Crippen molar-refractivity contribution in [1.29, 1.82) is 0 Å². The second-order valence-electron chi connectivity index (χ2n) is 5.16. The summed E-state index contributed by atoms with van der Waals surface area (Å²) >= 11 is 0. The van der Waals surface area contributed by atoms with E-state index >= 15 is 0 Å². The van der Waals surface area contributed by atoms with Crippen molar-refractivity contribution in [1.82, 2.24) is 4.90 Å². The van der Waals surface area contributed by atoms with Crippen LogP contribution in [0.1, 0.15) is 12.8 Å². The first-order valence-corrected chi connectivity index (χ1v) is 7.17. The predicted octanol–water partition coefficient (Wildman–Crippen LogP) is 3.02. The number of ether oxygens (including phenoxy) is 1. The number of carboxylic acids is 1. The number of carbonyl (C=O) groups is 1. The van der Waals surface area contributed by atoms with Crippen molar-refractivity contribution in [3.05, 3.63) is 42.5 Å². The molecule has 0 bridgehead atoms. The Hall–Kier alpha value is -2.07. The monoisotopic (exact) mass is 287 g/mol. The van der Waals surface area contributed by atoms with Crippen LogP contribution in [0.5, 0.6) is 5.75 Å². The third-order valence-electron chi connectivity index (χ3n) is 3.38. The summed E-state index contributed by atoms with van der Waals surface area (Å²) < 4.78 is 5.75. The molecule has 0 spiro atoms. The van der Waals surface area contributed by atoms with Crippen LogP contribution in [-0.2, 0) is 4.79 Å². The van der Waals surface area contributed by atoms with Crippen LogP contribution >= 0.6 is 0 Å². The van der Waals surface area contributed by atoms with Crippen LogP contribution in [0.3, 0.4) is 0 Å². The molecule has 0 saturated heterocycles. The van der Waals surface area contributed by atoms with Gasteiger partial charge < -0.3 is 14.7 Å². The maximum atomic E-state index is 10.5. The van der Waals surface area contributed by atoms with Gasteiger partial charge in [-0.1, -0.05) is 30.3 Å². The number of hydrogen-bond donors (Lipinski definition) is 1. The number of fused-ring (bicyclic) bond motifs is 1. The molecule has 112 valence electrons. The van der Waals surface area contributed by atoms with E-state index in [-0.39, 0.29) is 6.42 Å². The summed E-state index contributed by atoms with van der Waals surface area (Å²) in [4.78, 5) is 12.5. The molecule has 0 radical (unpaired) electrons. The molecule has 0 heterocycles. The minimum absolute atomic E-state index is 0.183. The van der Waals surface area contributed by atoms with Crippen molar-refractivity contribution in [3.63, 3.8) is 0 Å². The number of aliphatic carboxylic acids is 1. The summed E-state index contributed by atoms with van der Waals surface area (Å²) in [6, 6.07) is 14.3. The van der Waals surface area contributed by atoms with Crippen LogP contribution in [0.25, 0.3) is 10.8 Å². The van der Waals surface area contributed by atoms with Gasteiger partial charge in [-0.3, -0.25) is 4.79 Å². The Morgan fingerprint density at radius 2 is 1.90 bits per heavy atom. The molecular weight excluding hydrogens is 266 g/mol. The molecule has 21 heavy (non-hydrogen) atoms. The Kier molecular flexibility index (Phi) is 5.58. The lowest BCUT2D eigenvalue weighted by Crippen LogP contribution is -2.24. The number of rotatable bonds is 8. The van der Waals surface area contributed by atoms with E-state index in [1.807, 2.05) is 36.2 Å². The largest absolute Gasteiger partial charge is 0.494 e. The zero-order valence-electron chi connectivity index (χ0n) is 12.3. The van der Waals surface area contributed by atoms with Gasteiger partial charge in [-0.15, -0.1) is 0 Å². The molecule has 2 aromatic rings. The fraction of sp³-hybridized carbons (Fsp3) is 0.353. The van der Waals surface area contributed by atoms with Gasteiger partial charge in [-0.2, -0.15) is 0 Å². The van der Waals surface area contributed by atoms with E-state index in [9.17, 15) is 4.79 Å². The highest BCUT2D eigenvalue weighted by atomic mass is 16.5. The third kappa shape index (κ3) is 5.08. The van der Waals surface area contributed by atoms with Gasteiger partial charge in [0.2, 0.25) is 0 Å². The van der Waals surface area contributed by atoms with Gasteiger partial charge in [0.25, 0.3) is 0 Å². The van der Waals surface area contributed by atoms with Crippen LogP contribution in [-0.4, -0.2) is 42.7 Å². The zero-order chi connectivity index (χ0) is 15.1. The van der Waals surface area contributed by atoms with E-state index in [0.29, 0.717) is 13.2 Å². The van der Waals surface area contributed by atoms with Crippen molar-refractivity contribution in [2.75, 3.05) is 26.7 Å². The van der Waals surface area contributed by atoms with E-state index in [1.165, 1.54) is 10.8 Å². The Balaban J connectivity index is 1.73. The lowest BCUT2D eigenvalue weighted by Gasteiger charge is -2.15.